The molecular weight excluding hydrogens is 224 g/mol. The first-order chi connectivity index (χ1) is 8.65. The third-order valence-electron chi connectivity index (χ3n) is 3.90. The molecule has 1 atom stereocenters. The second kappa shape index (κ2) is 4.56. The Morgan fingerprint density at radius 3 is 2.94 bits per heavy atom. The molecule has 1 aromatic heterocycles. The Labute approximate surface area is 109 Å². The fraction of sp³-hybridized carbons (Fsp3) is 0.600. The third kappa shape index (κ3) is 2.38. The first-order valence-corrected chi connectivity index (χ1v) is 6.79. The Hall–Kier alpha value is -1.06. The lowest BCUT2D eigenvalue weighted by molar-refractivity contribution is -0.114. The maximum Gasteiger partial charge on any atom is 0.0554 e. The first kappa shape index (κ1) is 12.0. The maximum absolute atomic E-state index is 5.36. The van der Waals surface area contributed by atoms with Gasteiger partial charge >= 0.3 is 0 Å². The Kier molecular flexibility index (Phi) is 3.04. The van der Waals surface area contributed by atoms with E-state index in [0.717, 1.165) is 26.3 Å². The van der Waals surface area contributed by atoms with Crippen LogP contribution in [0.4, 0.5) is 0 Å². The van der Waals surface area contributed by atoms with Crippen molar-refractivity contribution in [2.45, 2.75) is 13.8 Å². The Morgan fingerprint density at radius 2 is 2.33 bits per heavy atom. The molecule has 3 rings (SSSR count). The van der Waals surface area contributed by atoms with Crippen LogP contribution in [-0.4, -0.2) is 42.7 Å². The van der Waals surface area contributed by atoms with Crippen LogP contribution in [0.5, 0.6) is 0 Å². The van der Waals surface area contributed by atoms with Gasteiger partial charge in [-0.05, 0) is 23.1 Å². The van der Waals surface area contributed by atoms with Crippen LogP contribution in [-0.2, 0) is 4.74 Å². The molecule has 98 valence electrons. The van der Waals surface area contributed by atoms with Crippen molar-refractivity contribution in [2.24, 2.45) is 11.3 Å². The summed E-state index contributed by atoms with van der Waals surface area (Å²) in [5, 5.41) is 0. The van der Waals surface area contributed by atoms with Gasteiger partial charge < -0.3 is 9.72 Å². The van der Waals surface area contributed by atoms with E-state index in [2.05, 4.69) is 42.1 Å². The number of rotatable bonds is 3. The zero-order chi connectivity index (χ0) is 12.6. The minimum atomic E-state index is 0.375. The highest BCUT2D eigenvalue weighted by molar-refractivity contribution is 5.67. The van der Waals surface area contributed by atoms with Crippen LogP contribution in [0.1, 0.15) is 19.4 Å². The molecule has 2 aliphatic heterocycles. The average Bonchev–Trinajstić information content (AvgIpc) is 2.79. The minimum absolute atomic E-state index is 0.375. The number of ether oxygens (including phenoxy) is 1. The van der Waals surface area contributed by atoms with Gasteiger partial charge in [0.2, 0.25) is 0 Å². The van der Waals surface area contributed by atoms with Crippen molar-refractivity contribution in [3.63, 3.8) is 0 Å². The van der Waals surface area contributed by atoms with Gasteiger partial charge in [-0.25, -0.2) is 0 Å². The summed E-state index contributed by atoms with van der Waals surface area (Å²) >= 11 is 0. The predicted octanol–water partition coefficient (Wildman–Crippen LogP) is 2.39. The number of hydrogen-bond acceptors (Lipinski definition) is 2. The van der Waals surface area contributed by atoms with E-state index in [1.54, 1.807) is 0 Å². The summed E-state index contributed by atoms with van der Waals surface area (Å²) in [7, 11) is 0. The highest BCUT2D eigenvalue weighted by atomic mass is 16.5. The molecule has 3 heteroatoms. The van der Waals surface area contributed by atoms with Crippen LogP contribution in [0.3, 0.4) is 0 Å². The molecule has 0 aliphatic carbocycles. The molecule has 0 radical (unpaired) electrons. The van der Waals surface area contributed by atoms with Crippen molar-refractivity contribution in [3.8, 4) is 0 Å². The van der Waals surface area contributed by atoms with Crippen LogP contribution in [0.15, 0.2) is 24.5 Å². The zero-order valence-corrected chi connectivity index (χ0v) is 11.3. The van der Waals surface area contributed by atoms with Gasteiger partial charge in [0, 0.05) is 37.4 Å². The van der Waals surface area contributed by atoms with E-state index in [-0.39, 0.29) is 0 Å². The minimum Gasteiger partial charge on any atom is -0.380 e. The fourth-order valence-electron chi connectivity index (χ4n) is 3.07. The summed E-state index contributed by atoms with van der Waals surface area (Å²) in [4.78, 5) is 5.73. The van der Waals surface area contributed by atoms with Crippen LogP contribution >= 0.6 is 0 Å². The van der Waals surface area contributed by atoms with E-state index < -0.39 is 0 Å². The van der Waals surface area contributed by atoms with E-state index in [0.29, 0.717) is 11.3 Å². The largest absolute Gasteiger partial charge is 0.380 e. The molecule has 18 heavy (non-hydrogen) atoms. The number of hydrogen-bond donors (Lipinski definition) is 1. The van der Waals surface area contributed by atoms with Crippen LogP contribution < -0.4 is 0 Å². The van der Waals surface area contributed by atoms with Gasteiger partial charge in [0.25, 0.3) is 0 Å². The van der Waals surface area contributed by atoms with Crippen LogP contribution in [0.25, 0.3) is 5.57 Å². The van der Waals surface area contributed by atoms with Crippen LogP contribution in [0.2, 0.25) is 0 Å². The molecule has 3 heterocycles. The number of H-pyrrole nitrogens is 1. The van der Waals surface area contributed by atoms with Gasteiger partial charge in [-0.15, -0.1) is 0 Å². The van der Waals surface area contributed by atoms with Gasteiger partial charge in [0.15, 0.2) is 0 Å². The van der Waals surface area contributed by atoms with E-state index in [1.807, 2.05) is 6.20 Å². The summed E-state index contributed by atoms with van der Waals surface area (Å²) < 4.78 is 5.36. The van der Waals surface area contributed by atoms with Gasteiger partial charge in [0.05, 0.1) is 13.2 Å². The molecule has 1 aromatic rings. The molecule has 0 saturated carbocycles. The molecule has 0 aromatic carbocycles. The van der Waals surface area contributed by atoms with Crippen molar-refractivity contribution in [2.75, 3.05) is 32.8 Å². The Bertz CT molecular complexity index is 431. The number of nitrogens with zero attached hydrogens (tertiary/aromatic N) is 1. The number of aromatic nitrogens is 1. The number of aromatic amines is 1. The second-order valence-electron chi connectivity index (χ2n) is 6.24. The fourth-order valence-corrected chi connectivity index (χ4v) is 3.07. The predicted molar refractivity (Wildman–Crippen MR) is 73.3 cm³/mol. The normalized spacial score (nSPS) is 27.7. The highest BCUT2D eigenvalue weighted by Crippen LogP contribution is 2.31. The summed E-state index contributed by atoms with van der Waals surface area (Å²) in [5.74, 6) is 0.633. The third-order valence-corrected chi connectivity index (χ3v) is 3.90. The smallest absolute Gasteiger partial charge is 0.0554 e. The highest BCUT2D eigenvalue weighted by Gasteiger charge is 2.36. The zero-order valence-electron chi connectivity index (χ0n) is 11.3. The molecule has 1 N–H and O–H groups in total. The molecule has 0 bridgehead atoms. The maximum atomic E-state index is 5.36. The molecule has 1 fully saturated rings. The quantitative estimate of drug-likeness (QED) is 0.887. The Morgan fingerprint density at radius 1 is 1.50 bits per heavy atom. The molecule has 1 saturated heterocycles. The van der Waals surface area contributed by atoms with E-state index in [4.69, 9.17) is 4.74 Å². The molecule has 2 aliphatic rings. The van der Waals surface area contributed by atoms with Gasteiger partial charge in [-0.2, -0.15) is 0 Å². The van der Waals surface area contributed by atoms with E-state index >= 15 is 0 Å². The lowest BCUT2D eigenvalue weighted by Crippen LogP contribution is -2.50. The second-order valence-corrected chi connectivity index (χ2v) is 6.24. The number of nitrogens with one attached hydrogen (secondary N) is 1. The standard InChI is InChI=1S/C15H22N2O/c1-12-5-14(13-3-4-16-6-13)8-17(7-12)9-15(2)10-18-11-15/h3-6,12,16H,7-11H2,1-2H3. The lowest BCUT2D eigenvalue weighted by Gasteiger charge is -2.43. The summed E-state index contributed by atoms with van der Waals surface area (Å²) in [6.45, 7) is 9.86. The Balaban J connectivity index is 1.70. The lowest BCUT2D eigenvalue weighted by atomic mass is 9.86. The molecule has 1 unspecified atom stereocenters. The topological polar surface area (TPSA) is 28.3 Å². The van der Waals surface area contributed by atoms with E-state index in [1.165, 1.54) is 17.7 Å². The SMILES string of the molecule is CC1C=C(c2cc[nH]c2)CN(CC2(C)COC2)C1. The van der Waals surface area contributed by atoms with Gasteiger partial charge in [-0.3, -0.25) is 4.90 Å². The summed E-state index contributed by atoms with van der Waals surface area (Å²) in [6, 6.07) is 2.16. The van der Waals surface area contributed by atoms with Gasteiger partial charge in [-0.1, -0.05) is 19.9 Å². The molecular formula is C15H22N2O. The summed E-state index contributed by atoms with van der Waals surface area (Å²) in [5.41, 5.74) is 3.17. The van der Waals surface area contributed by atoms with Crippen molar-refractivity contribution >= 4 is 5.57 Å². The van der Waals surface area contributed by atoms with Gasteiger partial charge in [0.1, 0.15) is 0 Å². The van der Waals surface area contributed by atoms with Crippen molar-refractivity contribution in [3.05, 3.63) is 30.1 Å². The monoisotopic (exact) mass is 246 g/mol. The van der Waals surface area contributed by atoms with Crippen molar-refractivity contribution in [1.29, 1.82) is 0 Å². The molecule has 0 amide bonds. The molecule has 0 spiro atoms. The van der Waals surface area contributed by atoms with Crippen molar-refractivity contribution < 1.29 is 4.74 Å². The van der Waals surface area contributed by atoms with Crippen molar-refractivity contribution in [1.82, 2.24) is 9.88 Å². The average molecular weight is 246 g/mol. The van der Waals surface area contributed by atoms with E-state index in [9.17, 15) is 0 Å². The molecule has 3 nitrogen and oxygen atoms in total. The van der Waals surface area contributed by atoms with Crippen LogP contribution in [0, 0.1) is 11.3 Å². The first-order valence-electron chi connectivity index (χ1n) is 6.79. The summed E-state index contributed by atoms with van der Waals surface area (Å²) in [6.07, 6.45) is 6.51.